The van der Waals surface area contributed by atoms with E-state index >= 15 is 0 Å². The van der Waals surface area contributed by atoms with Gasteiger partial charge in [0.15, 0.2) is 0 Å². The molecule has 0 radical (unpaired) electrons. The van der Waals surface area contributed by atoms with Crippen molar-refractivity contribution in [3.8, 4) is 11.1 Å². The van der Waals surface area contributed by atoms with Crippen molar-refractivity contribution in [1.29, 1.82) is 0 Å². The van der Waals surface area contributed by atoms with Crippen molar-refractivity contribution in [2.75, 3.05) is 6.61 Å². The fourth-order valence-electron chi connectivity index (χ4n) is 5.10. The zero-order chi connectivity index (χ0) is 30.3. The number of aliphatic hydroxyl groups excluding tert-OH is 1. The van der Waals surface area contributed by atoms with E-state index in [0.717, 1.165) is 22.3 Å². The molecule has 0 heterocycles. The normalized spacial score (nSPS) is 15.3. The molecular weight excluding hydrogens is 526 g/mol. The van der Waals surface area contributed by atoms with Crippen molar-refractivity contribution in [2.24, 2.45) is 11.8 Å². The van der Waals surface area contributed by atoms with Crippen molar-refractivity contribution >= 4 is 23.9 Å². The van der Waals surface area contributed by atoms with Crippen LogP contribution in [-0.2, 0) is 19.1 Å². The lowest BCUT2D eigenvalue weighted by molar-refractivity contribution is -0.142. The van der Waals surface area contributed by atoms with Gasteiger partial charge in [-0.3, -0.25) is 9.59 Å². The Balaban J connectivity index is 1.66. The van der Waals surface area contributed by atoms with E-state index in [2.05, 4.69) is 16.0 Å². The van der Waals surface area contributed by atoms with Crippen LogP contribution in [0.25, 0.3) is 11.1 Å². The lowest BCUT2D eigenvalue weighted by Crippen LogP contribution is -2.58. The van der Waals surface area contributed by atoms with Crippen molar-refractivity contribution in [3.63, 3.8) is 0 Å². The highest BCUT2D eigenvalue weighted by atomic mass is 16.5. The highest BCUT2D eigenvalue weighted by Gasteiger charge is 2.33. The molecule has 10 heteroatoms. The second kappa shape index (κ2) is 14.1. The molecule has 3 rings (SSSR count). The number of rotatable bonds is 13. The summed E-state index contributed by atoms with van der Waals surface area (Å²) in [6.07, 6.45) is -1.74. The number of hydrogen-bond acceptors (Lipinski definition) is 6. The summed E-state index contributed by atoms with van der Waals surface area (Å²) in [6.45, 7) is 8.77. The number of benzene rings is 2. The third kappa shape index (κ3) is 8.29. The third-order valence-electron chi connectivity index (χ3n) is 7.04. The van der Waals surface area contributed by atoms with Crippen LogP contribution >= 0.6 is 0 Å². The molecule has 0 fully saturated rings. The molecule has 5 N–H and O–H groups in total. The van der Waals surface area contributed by atoms with Crippen LogP contribution in [0.15, 0.2) is 48.5 Å². The van der Waals surface area contributed by atoms with Gasteiger partial charge < -0.3 is 30.9 Å². The van der Waals surface area contributed by atoms with Crippen LogP contribution in [0.3, 0.4) is 0 Å². The van der Waals surface area contributed by atoms with Crippen LogP contribution in [-0.4, -0.2) is 64.9 Å². The van der Waals surface area contributed by atoms with E-state index in [1.807, 2.05) is 76.2 Å². The first kappa shape index (κ1) is 31.6. The lowest BCUT2D eigenvalue weighted by atomic mass is 9.98. The van der Waals surface area contributed by atoms with Gasteiger partial charge in [-0.15, -0.1) is 0 Å². The van der Waals surface area contributed by atoms with Crippen LogP contribution in [0, 0.1) is 11.8 Å². The highest BCUT2D eigenvalue weighted by molar-refractivity contribution is 5.93. The molecule has 1 aliphatic rings. The van der Waals surface area contributed by atoms with E-state index in [9.17, 15) is 29.4 Å². The molecule has 0 saturated carbocycles. The van der Waals surface area contributed by atoms with Gasteiger partial charge in [0, 0.05) is 5.92 Å². The maximum absolute atomic E-state index is 13.2. The van der Waals surface area contributed by atoms with E-state index in [1.54, 1.807) is 0 Å². The van der Waals surface area contributed by atoms with Gasteiger partial charge in [0.05, 0.1) is 6.10 Å². The molecule has 3 amide bonds. The van der Waals surface area contributed by atoms with Gasteiger partial charge in [0.2, 0.25) is 11.8 Å². The zero-order valence-electron chi connectivity index (χ0n) is 24.2. The first-order chi connectivity index (χ1) is 19.4. The van der Waals surface area contributed by atoms with E-state index in [-0.39, 0.29) is 37.2 Å². The highest BCUT2D eigenvalue weighted by Crippen LogP contribution is 2.44. The van der Waals surface area contributed by atoms with Gasteiger partial charge in [-0.1, -0.05) is 76.2 Å². The number of carbonyl (C=O) groups excluding carboxylic acids is 3. The number of carboxylic acids is 1. The average Bonchev–Trinajstić information content (AvgIpc) is 3.22. The SMILES string of the molecule is CC(C)C[C@H](NC(=O)[C@H](CC(C)C)NC(=O)[C@@H](NC(=O)OCC1c2ccccc2-c2ccccc21)[C@@H](C)O)C(=O)O. The fourth-order valence-corrected chi connectivity index (χ4v) is 5.10. The van der Waals surface area contributed by atoms with E-state index in [4.69, 9.17) is 4.74 Å². The van der Waals surface area contributed by atoms with E-state index in [1.165, 1.54) is 6.92 Å². The van der Waals surface area contributed by atoms with Gasteiger partial charge in [-0.25, -0.2) is 9.59 Å². The Morgan fingerprint density at radius 1 is 0.756 bits per heavy atom. The number of alkyl carbamates (subject to hydrolysis) is 1. The number of nitrogens with one attached hydrogen (secondary N) is 3. The summed E-state index contributed by atoms with van der Waals surface area (Å²) in [5, 5.41) is 27.3. The summed E-state index contributed by atoms with van der Waals surface area (Å²) in [5.41, 5.74) is 4.22. The van der Waals surface area contributed by atoms with Gasteiger partial charge in [0.25, 0.3) is 0 Å². The minimum absolute atomic E-state index is 0.0143. The summed E-state index contributed by atoms with van der Waals surface area (Å²) in [6, 6.07) is 12.2. The Morgan fingerprint density at radius 2 is 1.24 bits per heavy atom. The molecular formula is C31H41N3O7. The number of aliphatic carboxylic acids is 1. The number of carboxylic acid groups (broad SMARTS) is 1. The summed E-state index contributed by atoms with van der Waals surface area (Å²) >= 11 is 0. The van der Waals surface area contributed by atoms with Crippen LogP contribution in [0.5, 0.6) is 0 Å². The Labute approximate surface area is 240 Å². The molecule has 0 aliphatic heterocycles. The van der Waals surface area contributed by atoms with E-state index in [0.29, 0.717) is 0 Å². The number of carbonyl (C=O) groups is 4. The molecule has 222 valence electrons. The van der Waals surface area contributed by atoms with Gasteiger partial charge >= 0.3 is 12.1 Å². The van der Waals surface area contributed by atoms with E-state index < -0.39 is 48.1 Å². The standard InChI is InChI=1S/C31H41N3O7/c1-17(2)14-25(28(36)33-26(30(38)39)15-18(3)4)32-29(37)27(19(5)35)34-31(40)41-16-24-22-12-8-6-10-20(22)21-11-7-9-13-23(21)24/h6-13,17-19,24-27,35H,14-16H2,1-5H3,(H,32,37)(H,33,36)(H,34,40)(H,38,39)/t19-,25+,26+,27+/m1/s1. The fraction of sp³-hybridized carbons (Fsp3) is 0.484. The summed E-state index contributed by atoms with van der Waals surface area (Å²) in [5.74, 6) is -2.77. The molecule has 1 aliphatic carbocycles. The molecule has 0 unspecified atom stereocenters. The number of aliphatic hydroxyl groups is 1. The average molecular weight is 568 g/mol. The first-order valence-electron chi connectivity index (χ1n) is 14.0. The van der Waals surface area contributed by atoms with Crippen LogP contribution in [0.2, 0.25) is 0 Å². The minimum atomic E-state index is -1.40. The minimum Gasteiger partial charge on any atom is -0.480 e. The molecule has 2 aromatic carbocycles. The monoisotopic (exact) mass is 567 g/mol. The lowest BCUT2D eigenvalue weighted by Gasteiger charge is -2.27. The summed E-state index contributed by atoms with van der Waals surface area (Å²) in [7, 11) is 0. The van der Waals surface area contributed by atoms with Crippen LogP contribution in [0.1, 0.15) is 64.5 Å². The molecule has 41 heavy (non-hydrogen) atoms. The topological polar surface area (TPSA) is 154 Å². The number of ether oxygens (including phenoxy) is 1. The zero-order valence-corrected chi connectivity index (χ0v) is 24.2. The first-order valence-corrected chi connectivity index (χ1v) is 14.0. The number of hydrogen-bond donors (Lipinski definition) is 5. The largest absolute Gasteiger partial charge is 0.480 e. The Morgan fingerprint density at radius 3 is 1.73 bits per heavy atom. The van der Waals surface area contributed by atoms with Crippen molar-refractivity contribution in [1.82, 2.24) is 16.0 Å². The summed E-state index contributed by atoms with van der Waals surface area (Å²) < 4.78 is 5.52. The maximum Gasteiger partial charge on any atom is 0.407 e. The predicted molar refractivity (Wildman–Crippen MR) is 154 cm³/mol. The maximum atomic E-state index is 13.2. The Hall–Kier alpha value is -3.92. The quantitative estimate of drug-likeness (QED) is 0.248. The van der Waals surface area contributed by atoms with Gasteiger partial charge in [-0.05, 0) is 53.9 Å². The second-order valence-electron chi connectivity index (χ2n) is 11.4. The Bertz CT molecular complexity index is 1200. The van der Waals surface area contributed by atoms with Crippen molar-refractivity contribution in [3.05, 3.63) is 59.7 Å². The predicted octanol–water partition coefficient (Wildman–Crippen LogP) is 3.42. The molecule has 0 aromatic heterocycles. The van der Waals surface area contributed by atoms with Crippen LogP contribution < -0.4 is 16.0 Å². The van der Waals surface area contributed by atoms with Gasteiger partial charge in [0.1, 0.15) is 24.7 Å². The molecule has 10 nitrogen and oxygen atoms in total. The van der Waals surface area contributed by atoms with Crippen LogP contribution in [0.4, 0.5) is 4.79 Å². The molecule has 4 atom stereocenters. The third-order valence-corrected chi connectivity index (χ3v) is 7.04. The number of amides is 3. The molecule has 0 saturated heterocycles. The smallest absolute Gasteiger partial charge is 0.407 e. The van der Waals surface area contributed by atoms with Gasteiger partial charge in [-0.2, -0.15) is 0 Å². The second-order valence-corrected chi connectivity index (χ2v) is 11.4. The molecule has 0 bridgehead atoms. The van der Waals surface area contributed by atoms with Crippen molar-refractivity contribution < 1.29 is 34.1 Å². The molecule has 2 aromatic rings. The van der Waals surface area contributed by atoms with Crippen molar-refractivity contribution in [2.45, 2.75) is 77.6 Å². The summed E-state index contributed by atoms with van der Waals surface area (Å²) in [4.78, 5) is 50.6. The molecule has 0 spiro atoms. The Kier molecular flexibility index (Phi) is 10.9. The number of fused-ring (bicyclic) bond motifs is 3.